The fraction of sp³-hybridized carbons (Fsp3) is 0.533. The van der Waals surface area contributed by atoms with Crippen LogP contribution < -0.4 is 0 Å². The summed E-state index contributed by atoms with van der Waals surface area (Å²) in [5.41, 5.74) is 0.560. The number of piperidine rings is 1. The molecule has 1 fully saturated rings. The number of rotatable bonds is 6. The number of nitrogens with zero attached hydrogens (tertiary/aromatic N) is 1. The van der Waals surface area contributed by atoms with Gasteiger partial charge in [-0.2, -0.15) is 0 Å². The second-order valence-electron chi connectivity index (χ2n) is 5.59. The van der Waals surface area contributed by atoms with Gasteiger partial charge >= 0.3 is 5.97 Å². The highest BCUT2D eigenvalue weighted by atomic mass is 32.2. The first-order valence-corrected chi connectivity index (χ1v) is 8.93. The van der Waals surface area contributed by atoms with Crippen LogP contribution in [0.2, 0.25) is 0 Å². The molecule has 0 bridgehead atoms. The van der Waals surface area contributed by atoms with E-state index in [9.17, 15) is 17.6 Å². The largest absolute Gasteiger partial charge is 0.481 e. The lowest BCUT2D eigenvalue weighted by atomic mass is 10.0. The molecule has 0 amide bonds. The third kappa shape index (κ3) is 4.49. The predicted octanol–water partition coefficient (Wildman–Crippen LogP) is 1.64. The molecule has 1 saturated heterocycles. The standard InChI is InChI=1S/C15H20FNO5S/c1-22-14(11-4-6-13(16)7-5-11)10-23(20,21)17-8-2-3-12(9-17)15(18)19/h4-7,12,14H,2-3,8-10H2,1H3,(H,18,19). The van der Waals surface area contributed by atoms with E-state index in [1.54, 1.807) is 0 Å². The normalized spacial score (nSPS) is 21.0. The Labute approximate surface area is 134 Å². The molecule has 1 aromatic carbocycles. The fourth-order valence-electron chi connectivity index (χ4n) is 2.67. The van der Waals surface area contributed by atoms with Crippen molar-refractivity contribution in [2.24, 2.45) is 5.92 Å². The number of halogens is 1. The van der Waals surface area contributed by atoms with Crippen molar-refractivity contribution in [2.75, 3.05) is 26.0 Å². The smallest absolute Gasteiger partial charge is 0.307 e. The van der Waals surface area contributed by atoms with Crippen molar-refractivity contribution >= 4 is 16.0 Å². The van der Waals surface area contributed by atoms with Gasteiger partial charge in [0.05, 0.1) is 17.8 Å². The van der Waals surface area contributed by atoms with Crippen molar-refractivity contribution in [2.45, 2.75) is 18.9 Å². The Hall–Kier alpha value is -1.51. The Kier molecular flexibility index (Phi) is 5.72. The van der Waals surface area contributed by atoms with Crippen LogP contribution in [0.3, 0.4) is 0 Å². The lowest BCUT2D eigenvalue weighted by Gasteiger charge is -2.31. The number of hydrogen-bond donors (Lipinski definition) is 1. The Balaban J connectivity index is 2.12. The third-order valence-corrected chi connectivity index (χ3v) is 5.86. The molecule has 1 heterocycles. The van der Waals surface area contributed by atoms with Crippen LogP contribution in [0.4, 0.5) is 4.39 Å². The Morgan fingerprint density at radius 1 is 1.43 bits per heavy atom. The minimum atomic E-state index is -3.67. The highest BCUT2D eigenvalue weighted by Gasteiger charge is 2.34. The van der Waals surface area contributed by atoms with Gasteiger partial charge in [0.15, 0.2) is 0 Å². The topological polar surface area (TPSA) is 83.9 Å². The predicted molar refractivity (Wildman–Crippen MR) is 81.9 cm³/mol. The summed E-state index contributed by atoms with van der Waals surface area (Å²) in [4.78, 5) is 11.1. The van der Waals surface area contributed by atoms with Gasteiger partial charge in [0.25, 0.3) is 0 Å². The fourth-order valence-corrected chi connectivity index (χ4v) is 4.41. The van der Waals surface area contributed by atoms with Crippen LogP contribution in [-0.2, 0) is 19.6 Å². The molecule has 8 heteroatoms. The molecule has 0 radical (unpaired) electrons. The number of hydrogen-bond acceptors (Lipinski definition) is 4. The van der Waals surface area contributed by atoms with Crippen molar-refractivity contribution in [3.05, 3.63) is 35.6 Å². The Morgan fingerprint density at radius 2 is 2.09 bits per heavy atom. The van der Waals surface area contributed by atoms with Gasteiger partial charge in [-0.15, -0.1) is 0 Å². The van der Waals surface area contributed by atoms with Gasteiger partial charge in [0, 0.05) is 20.2 Å². The zero-order chi connectivity index (χ0) is 17.0. The van der Waals surface area contributed by atoms with Crippen molar-refractivity contribution in [1.82, 2.24) is 4.31 Å². The molecule has 0 aliphatic carbocycles. The number of sulfonamides is 1. The van der Waals surface area contributed by atoms with Crippen molar-refractivity contribution < 1.29 is 27.4 Å². The summed E-state index contributed by atoms with van der Waals surface area (Å²) in [7, 11) is -2.28. The zero-order valence-corrected chi connectivity index (χ0v) is 13.6. The molecule has 6 nitrogen and oxygen atoms in total. The Bertz CT molecular complexity index is 646. The summed E-state index contributed by atoms with van der Waals surface area (Å²) in [6, 6.07) is 5.45. The molecule has 1 aliphatic rings. The number of aliphatic carboxylic acids is 1. The van der Waals surface area contributed by atoms with Gasteiger partial charge in [-0.05, 0) is 30.5 Å². The van der Waals surface area contributed by atoms with E-state index in [2.05, 4.69) is 0 Å². The second kappa shape index (κ2) is 7.37. The summed E-state index contributed by atoms with van der Waals surface area (Å²) in [5, 5.41) is 9.07. The molecule has 128 valence electrons. The Morgan fingerprint density at radius 3 is 2.65 bits per heavy atom. The highest BCUT2D eigenvalue weighted by Crippen LogP contribution is 2.24. The summed E-state index contributed by atoms with van der Waals surface area (Å²) < 4.78 is 44.5. The summed E-state index contributed by atoms with van der Waals surface area (Å²) in [6.45, 7) is 0.295. The molecule has 1 N–H and O–H groups in total. The summed E-state index contributed by atoms with van der Waals surface area (Å²) in [5.74, 6) is -2.37. The molecular weight excluding hydrogens is 325 g/mol. The first-order chi connectivity index (χ1) is 10.8. The van der Waals surface area contributed by atoms with Crippen LogP contribution in [-0.4, -0.2) is 49.8 Å². The quantitative estimate of drug-likeness (QED) is 0.847. The number of carboxylic acid groups (broad SMARTS) is 1. The SMILES string of the molecule is COC(CS(=O)(=O)N1CCCC(C(=O)O)C1)c1ccc(F)cc1. The van der Waals surface area contributed by atoms with E-state index in [1.807, 2.05) is 0 Å². The van der Waals surface area contributed by atoms with Crippen LogP contribution in [0.15, 0.2) is 24.3 Å². The minimum Gasteiger partial charge on any atom is -0.481 e. The summed E-state index contributed by atoms with van der Waals surface area (Å²) >= 11 is 0. The van der Waals surface area contributed by atoms with Crippen LogP contribution in [0.5, 0.6) is 0 Å². The number of ether oxygens (including phenoxy) is 1. The third-order valence-electron chi connectivity index (χ3n) is 4.02. The monoisotopic (exact) mass is 345 g/mol. The molecule has 0 aromatic heterocycles. The van der Waals surface area contributed by atoms with Gasteiger partial charge in [0.2, 0.25) is 10.0 Å². The lowest BCUT2D eigenvalue weighted by Crippen LogP contribution is -2.44. The van der Waals surface area contributed by atoms with Crippen LogP contribution in [0, 0.1) is 11.7 Å². The van der Waals surface area contributed by atoms with Gasteiger partial charge in [-0.1, -0.05) is 12.1 Å². The van der Waals surface area contributed by atoms with Gasteiger partial charge in [0.1, 0.15) is 5.82 Å². The van der Waals surface area contributed by atoms with Gasteiger partial charge < -0.3 is 9.84 Å². The van der Waals surface area contributed by atoms with Crippen LogP contribution in [0.1, 0.15) is 24.5 Å². The average molecular weight is 345 g/mol. The molecule has 2 rings (SSSR count). The average Bonchev–Trinajstić information content (AvgIpc) is 2.53. The van der Waals surface area contributed by atoms with E-state index < -0.39 is 33.8 Å². The van der Waals surface area contributed by atoms with E-state index in [0.29, 0.717) is 24.9 Å². The zero-order valence-electron chi connectivity index (χ0n) is 12.8. The van der Waals surface area contributed by atoms with E-state index >= 15 is 0 Å². The minimum absolute atomic E-state index is 0.0164. The number of methoxy groups -OCH3 is 1. The molecule has 1 aromatic rings. The first kappa shape index (κ1) is 17.8. The van der Waals surface area contributed by atoms with Crippen LogP contribution in [0.25, 0.3) is 0 Å². The van der Waals surface area contributed by atoms with Crippen molar-refractivity contribution in [3.63, 3.8) is 0 Å². The van der Waals surface area contributed by atoms with Gasteiger partial charge in [-0.3, -0.25) is 4.79 Å². The molecule has 23 heavy (non-hydrogen) atoms. The first-order valence-electron chi connectivity index (χ1n) is 7.32. The van der Waals surface area contributed by atoms with E-state index in [1.165, 1.54) is 35.7 Å². The van der Waals surface area contributed by atoms with Crippen molar-refractivity contribution in [1.29, 1.82) is 0 Å². The molecule has 1 aliphatic heterocycles. The molecular formula is C15H20FNO5S. The van der Waals surface area contributed by atoms with Crippen LogP contribution >= 0.6 is 0 Å². The second-order valence-corrected chi connectivity index (χ2v) is 7.60. The maximum Gasteiger partial charge on any atom is 0.307 e. The molecule has 2 atom stereocenters. The number of benzene rings is 1. The maximum atomic E-state index is 13.0. The van der Waals surface area contributed by atoms with E-state index in [4.69, 9.17) is 9.84 Å². The molecule has 0 spiro atoms. The summed E-state index contributed by atoms with van der Waals surface area (Å²) in [6.07, 6.45) is 0.267. The van der Waals surface area contributed by atoms with Crippen molar-refractivity contribution in [3.8, 4) is 0 Å². The highest BCUT2D eigenvalue weighted by molar-refractivity contribution is 7.89. The number of carboxylic acids is 1. The van der Waals surface area contributed by atoms with Gasteiger partial charge in [-0.25, -0.2) is 17.1 Å². The maximum absolute atomic E-state index is 13.0. The van der Waals surface area contributed by atoms with E-state index in [0.717, 1.165) is 0 Å². The molecule has 2 unspecified atom stereocenters. The lowest BCUT2D eigenvalue weighted by molar-refractivity contribution is -0.142. The number of carbonyl (C=O) groups is 1. The molecule has 0 saturated carbocycles. The van der Waals surface area contributed by atoms with E-state index in [-0.39, 0.29) is 12.3 Å².